The first-order valence-electron chi connectivity index (χ1n) is 1.79. The molecule has 0 radical (unpaired) electrons. The van der Waals surface area contributed by atoms with Gasteiger partial charge in [-0.15, -0.1) is 0 Å². The molecule has 3 heteroatoms. The molecule has 0 fully saturated rings. The number of carbonyl (C=O) groups excluding carboxylic acids is 2. The van der Waals surface area contributed by atoms with E-state index in [-0.39, 0.29) is 6.15 Å². The minimum absolute atomic E-state index is 0. The summed E-state index contributed by atoms with van der Waals surface area (Å²) >= 11 is 0. The Kier molecular flexibility index (Phi) is 72.5. The van der Waals surface area contributed by atoms with Crippen LogP contribution in [-0.4, -0.2) is 12.6 Å². The average molecular weight is 117 g/mol. The number of hydrogen-bond donors (Lipinski definition) is 1. The molecule has 3 nitrogen and oxygen atoms in total. The number of carbonyl (C=O) groups is 2. The molecular formula is C5H11NO2. The summed E-state index contributed by atoms with van der Waals surface area (Å²) in [5, 5.41) is 0. The molecule has 0 bridgehead atoms. The highest BCUT2D eigenvalue weighted by Gasteiger charge is 1.38. The van der Waals surface area contributed by atoms with E-state index in [9.17, 15) is 0 Å². The fourth-order valence-electron chi connectivity index (χ4n) is 0. The lowest BCUT2D eigenvalue weighted by Gasteiger charge is -1.37. The van der Waals surface area contributed by atoms with E-state index < -0.39 is 0 Å². The summed E-state index contributed by atoms with van der Waals surface area (Å²) in [6.45, 7) is 4.56. The van der Waals surface area contributed by atoms with Crippen molar-refractivity contribution in [2.75, 3.05) is 0 Å². The van der Waals surface area contributed by atoms with Gasteiger partial charge >= 0.3 is 0 Å². The van der Waals surface area contributed by atoms with E-state index in [0.29, 0.717) is 6.29 Å². The van der Waals surface area contributed by atoms with Crippen molar-refractivity contribution in [3.63, 3.8) is 0 Å². The summed E-state index contributed by atoms with van der Waals surface area (Å²) in [6.07, 6.45) is 2.58. The van der Waals surface area contributed by atoms with Crippen molar-refractivity contribution in [1.29, 1.82) is 0 Å². The Morgan fingerprint density at radius 1 is 1.38 bits per heavy atom. The highest BCUT2D eigenvalue weighted by Crippen LogP contribution is 1.35. The highest BCUT2D eigenvalue weighted by atomic mass is 16.1. The third-order valence-corrected chi connectivity index (χ3v) is 0.0962. The fraction of sp³-hybridized carbons (Fsp3) is 0.200. The van der Waals surface area contributed by atoms with Crippen molar-refractivity contribution in [3.8, 4) is 0 Å². The normalized spacial score (nSPS) is 4.12. The Hall–Kier alpha value is -0.960. The molecule has 48 valence electrons. The third-order valence-electron chi connectivity index (χ3n) is 0.0962. The van der Waals surface area contributed by atoms with Crippen molar-refractivity contribution in [2.24, 2.45) is 0 Å². The summed E-state index contributed by atoms with van der Waals surface area (Å²) < 4.78 is 0. The molecule has 8 heavy (non-hydrogen) atoms. The molecule has 0 saturated heterocycles. The minimum atomic E-state index is 0. The molecule has 0 aromatic rings. The van der Waals surface area contributed by atoms with Gasteiger partial charge in [-0.2, -0.15) is 0 Å². The quantitative estimate of drug-likeness (QED) is 0.406. The van der Waals surface area contributed by atoms with Crippen molar-refractivity contribution >= 4 is 12.6 Å². The monoisotopic (exact) mass is 117 g/mol. The van der Waals surface area contributed by atoms with Gasteiger partial charge in [0.25, 0.3) is 0 Å². The molecule has 0 rings (SSSR count). The van der Waals surface area contributed by atoms with Crippen LogP contribution in [0.15, 0.2) is 12.7 Å². The second-order valence-corrected chi connectivity index (χ2v) is 0.607. The lowest BCUT2D eigenvalue weighted by Crippen LogP contribution is -1.44. The number of hydrogen-bond acceptors (Lipinski definition) is 3. The zero-order chi connectivity index (χ0) is 6.12. The molecule has 0 heterocycles. The minimum Gasteiger partial charge on any atom is -0.344 e. The Morgan fingerprint density at radius 3 is 1.50 bits per heavy atom. The molecule has 0 aromatic heterocycles. The highest BCUT2D eigenvalue weighted by molar-refractivity contribution is 5.63. The lowest BCUT2D eigenvalue weighted by atomic mass is 10.8. The largest absolute Gasteiger partial charge is 0.344 e. The van der Waals surface area contributed by atoms with Crippen LogP contribution >= 0.6 is 0 Å². The van der Waals surface area contributed by atoms with Gasteiger partial charge in [0.1, 0.15) is 12.6 Å². The van der Waals surface area contributed by atoms with Crippen molar-refractivity contribution in [2.45, 2.75) is 6.92 Å². The van der Waals surface area contributed by atoms with E-state index in [1.54, 1.807) is 0 Å². The summed E-state index contributed by atoms with van der Waals surface area (Å²) in [6, 6.07) is 0. The average Bonchev–Trinajstić information content (AvgIpc) is 1.69. The third kappa shape index (κ3) is 51400. The van der Waals surface area contributed by atoms with Crippen molar-refractivity contribution in [3.05, 3.63) is 12.7 Å². The Balaban J connectivity index is -0.0000000575. The molecular weight excluding hydrogens is 106 g/mol. The van der Waals surface area contributed by atoms with E-state index >= 15 is 0 Å². The molecule has 0 aliphatic heterocycles. The van der Waals surface area contributed by atoms with Gasteiger partial charge < -0.3 is 10.9 Å². The van der Waals surface area contributed by atoms with E-state index in [4.69, 9.17) is 9.59 Å². The molecule has 0 aliphatic carbocycles. The molecule has 0 unspecified atom stereocenters. The first-order valence-corrected chi connectivity index (χ1v) is 1.79. The molecule has 0 spiro atoms. The predicted octanol–water partition coefficient (Wildman–Crippen LogP) is 0.738. The van der Waals surface area contributed by atoms with Crippen molar-refractivity contribution in [1.82, 2.24) is 6.15 Å². The number of aldehydes is 2. The molecule has 0 aromatic carbocycles. The molecule has 3 N–H and O–H groups in total. The Bertz CT molecular complexity index is 55.4. The maximum atomic E-state index is 9.06. The summed E-state index contributed by atoms with van der Waals surface area (Å²) in [5.41, 5.74) is 0. The zero-order valence-electron chi connectivity index (χ0n) is 4.96. The first kappa shape index (κ1) is 15.7. The van der Waals surface area contributed by atoms with Gasteiger partial charge in [-0.25, -0.2) is 0 Å². The smallest absolute Gasteiger partial charge is 0.142 e. The van der Waals surface area contributed by atoms with Crippen LogP contribution in [0.4, 0.5) is 0 Å². The molecule has 0 saturated carbocycles. The number of allylic oxidation sites excluding steroid dienone is 1. The second kappa shape index (κ2) is 36.9. The fourth-order valence-corrected chi connectivity index (χ4v) is 0. The van der Waals surface area contributed by atoms with E-state index in [1.807, 2.05) is 0 Å². The van der Waals surface area contributed by atoms with Crippen LogP contribution in [0, 0.1) is 0 Å². The van der Waals surface area contributed by atoms with E-state index in [1.165, 1.54) is 13.0 Å². The zero-order valence-corrected chi connectivity index (χ0v) is 4.96. The Labute approximate surface area is 49.0 Å². The van der Waals surface area contributed by atoms with Gasteiger partial charge in [-0.3, -0.25) is 4.79 Å². The van der Waals surface area contributed by atoms with Gasteiger partial charge in [0.05, 0.1) is 0 Å². The van der Waals surface area contributed by atoms with Gasteiger partial charge in [0, 0.05) is 0 Å². The number of rotatable bonds is 1. The van der Waals surface area contributed by atoms with Crippen LogP contribution in [-0.2, 0) is 9.59 Å². The maximum Gasteiger partial charge on any atom is 0.142 e. The maximum absolute atomic E-state index is 9.06. The Morgan fingerprint density at radius 2 is 1.50 bits per heavy atom. The van der Waals surface area contributed by atoms with Crippen LogP contribution in [0.3, 0.4) is 0 Å². The van der Waals surface area contributed by atoms with Crippen LogP contribution in [0.25, 0.3) is 0 Å². The van der Waals surface area contributed by atoms with Crippen LogP contribution in [0.5, 0.6) is 0 Å². The second-order valence-electron chi connectivity index (χ2n) is 0.607. The van der Waals surface area contributed by atoms with E-state index in [2.05, 4.69) is 6.58 Å². The SMILES string of the molecule is C=CC=O.CC=O.N. The standard InChI is InChI=1S/C3H4O.C2H4O.H3N/c1-2-3-4;1-2-3;/h2-3H,1H2;2H,1H3;1H3. The van der Waals surface area contributed by atoms with E-state index in [0.717, 1.165) is 6.29 Å². The van der Waals surface area contributed by atoms with Crippen molar-refractivity contribution < 1.29 is 9.59 Å². The molecule has 0 amide bonds. The predicted molar refractivity (Wildman–Crippen MR) is 33.0 cm³/mol. The van der Waals surface area contributed by atoms with Crippen LogP contribution < -0.4 is 6.15 Å². The lowest BCUT2D eigenvalue weighted by molar-refractivity contribution is -0.106. The van der Waals surface area contributed by atoms with Gasteiger partial charge in [0.2, 0.25) is 0 Å². The summed E-state index contributed by atoms with van der Waals surface area (Å²) in [5.74, 6) is 0. The summed E-state index contributed by atoms with van der Waals surface area (Å²) in [4.78, 5) is 17.9. The van der Waals surface area contributed by atoms with Gasteiger partial charge in [-0.1, -0.05) is 6.58 Å². The topological polar surface area (TPSA) is 69.1 Å². The van der Waals surface area contributed by atoms with Crippen LogP contribution in [0.1, 0.15) is 6.92 Å². The summed E-state index contributed by atoms with van der Waals surface area (Å²) in [7, 11) is 0. The molecule has 0 aliphatic rings. The van der Waals surface area contributed by atoms with Crippen LogP contribution in [0.2, 0.25) is 0 Å². The van der Waals surface area contributed by atoms with Gasteiger partial charge in [0.15, 0.2) is 0 Å². The first-order chi connectivity index (χ1) is 3.33. The van der Waals surface area contributed by atoms with Gasteiger partial charge in [-0.05, 0) is 13.0 Å². The molecule has 0 atom stereocenters.